The minimum Gasteiger partial charge on any atom is -0.455 e. The molecule has 0 bridgehead atoms. The molecule has 4 rings (SSSR count). The molecule has 4 aromatic rings. The highest BCUT2D eigenvalue weighted by atomic mass is 16.5. The Kier molecular flexibility index (Phi) is 5.62. The third-order valence-corrected chi connectivity index (χ3v) is 4.18. The van der Waals surface area contributed by atoms with Crippen LogP contribution in [0.2, 0.25) is 0 Å². The Morgan fingerprint density at radius 3 is 2.45 bits per heavy atom. The number of rotatable bonds is 7. The summed E-state index contributed by atoms with van der Waals surface area (Å²) in [4.78, 5) is 13.1. The third kappa shape index (κ3) is 5.07. The van der Waals surface area contributed by atoms with Crippen molar-refractivity contribution >= 4 is 17.5 Å². The van der Waals surface area contributed by atoms with E-state index in [1.807, 2.05) is 79.7 Å². The minimum absolute atomic E-state index is 0.561. The average Bonchev–Trinajstić information content (AvgIpc) is 2.75. The second-order valence-electron chi connectivity index (χ2n) is 6.46. The fourth-order valence-corrected chi connectivity index (χ4v) is 2.81. The van der Waals surface area contributed by atoms with Crippen molar-refractivity contribution in [3.63, 3.8) is 0 Å². The van der Waals surface area contributed by atoms with Crippen molar-refractivity contribution in [1.82, 2.24) is 15.0 Å². The number of aromatic nitrogens is 3. The van der Waals surface area contributed by atoms with Crippen LogP contribution in [0.3, 0.4) is 0 Å². The lowest BCUT2D eigenvalue weighted by molar-refractivity contribution is 0.485. The Morgan fingerprint density at radius 1 is 0.862 bits per heavy atom. The maximum atomic E-state index is 6.02. The summed E-state index contributed by atoms with van der Waals surface area (Å²) in [5, 5.41) is 6.61. The Labute approximate surface area is 169 Å². The molecule has 6 heteroatoms. The van der Waals surface area contributed by atoms with E-state index in [1.165, 1.54) is 0 Å². The molecule has 0 aliphatic carbocycles. The van der Waals surface area contributed by atoms with Gasteiger partial charge in [-0.1, -0.05) is 30.3 Å². The summed E-state index contributed by atoms with van der Waals surface area (Å²) < 4.78 is 6.02. The van der Waals surface area contributed by atoms with Gasteiger partial charge in [0.05, 0.1) is 5.69 Å². The van der Waals surface area contributed by atoms with E-state index in [2.05, 4.69) is 25.6 Å². The Morgan fingerprint density at radius 2 is 1.62 bits per heavy atom. The van der Waals surface area contributed by atoms with Crippen LogP contribution < -0.4 is 15.4 Å². The van der Waals surface area contributed by atoms with Crippen molar-refractivity contribution in [3.05, 3.63) is 96.4 Å². The second kappa shape index (κ2) is 8.84. The standard InChI is InChI=1S/C23H21N5O/c1-17-15-22(28-23(26-17)25-16-18-11-13-24-14-12-18)27-20-9-5-6-10-21(20)29-19-7-3-2-4-8-19/h2-15H,16H2,1H3,(H2,25,26,27,28). The summed E-state index contributed by atoms with van der Waals surface area (Å²) in [5.74, 6) is 2.76. The van der Waals surface area contributed by atoms with Gasteiger partial charge in [0.15, 0.2) is 5.75 Å². The number of para-hydroxylation sites is 3. The molecule has 144 valence electrons. The molecule has 0 amide bonds. The highest BCUT2D eigenvalue weighted by Gasteiger charge is 2.08. The lowest BCUT2D eigenvalue weighted by atomic mass is 10.2. The van der Waals surface area contributed by atoms with Gasteiger partial charge in [-0.05, 0) is 48.9 Å². The molecule has 2 aromatic heterocycles. The van der Waals surface area contributed by atoms with Gasteiger partial charge in [-0.15, -0.1) is 0 Å². The number of anilines is 3. The Balaban J connectivity index is 1.51. The van der Waals surface area contributed by atoms with Gasteiger partial charge in [0.25, 0.3) is 0 Å². The molecule has 0 radical (unpaired) electrons. The van der Waals surface area contributed by atoms with Gasteiger partial charge in [-0.3, -0.25) is 4.98 Å². The van der Waals surface area contributed by atoms with Crippen LogP contribution in [0, 0.1) is 6.92 Å². The first-order valence-electron chi connectivity index (χ1n) is 9.34. The molecule has 2 N–H and O–H groups in total. The third-order valence-electron chi connectivity index (χ3n) is 4.18. The van der Waals surface area contributed by atoms with Crippen LogP contribution in [0.25, 0.3) is 0 Å². The molecule has 6 nitrogen and oxygen atoms in total. The quantitative estimate of drug-likeness (QED) is 0.449. The first-order valence-corrected chi connectivity index (χ1v) is 9.34. The smallest absolute Gasteiger partial charge is 0.225 e. The number of pyridine rings is 1. The first-order chi connectivity index (χ1) is 14.3. The van der Waals surface area contributed by atoms with Crippen LogP contribution in [-0.4, -0.2) is 15.0 Å². The number of hydrogen-bond donors (Lipinski definition) is 2. The van der Waals surface area contributed by atoms with Crippen molar-refractivity contribution in [2.45, 2.75) is 13.5 Å². The Bertz CT molecular complexity index is 1070. The second-order valence-corrected chi connectivity index (χ2v) is 6.46. The van der Waals surface area contributed by atoms with E-state index in [-0.39, 0.29) is 0 Å². The molecule has 0 spiro atoms. The normalized spacial score (nSPS) is 10.4. The molecule has 29 heavy (non-hydrogen) atoms. The van der Waals surface area contributed by atoms with E-state index >= 15 is 0 Å². The summed E-state index contributed by atoms with van der Waals surface area (Å²) in [7, 11) is 0. The van der Waals surface area contributed by atoms with Crippen LogP contribution in [0.4, 0.5) is 17.5 Å². The average molecular weight is 383 g/mol. The zero-order valence-electron chi connectivity index (χ0n) is 16.0. The largest absolute Gasteiger partial charge is 0.455 e. The summed E-state index contributed by atoms with van der Waals surface area (Å²) in [6.45, 7) is 2.57. The van der Waals surface area contributed by atoms with Gasteiger partial charge >= 0.3 is 0 Å². The highest BCUT2D eigenvalue weighted by Crippen LogP contribution is 2.31. The first kappa shape index (κ1) is 18.4. The predicted octanol–water partition coefficient (Wildman–Crippen LogP) is 5.33. The lowest BCUT2D eigenvalue weighted by Gasteiger charge is -2.14. The molecule has 0 saturated heterocycles. The molecule has 0 atom stereocenters. The SMILES string of the molecule is Cc1cc(Nc2ccccc2Oc2ccccc2)nc(NCc2ccncc2)n1. The monoisotopic (exact) mass is 383 g/mol. The minimum atomic E-state index is 0.561. The van der Waals surface area contributed by atoms with Gasteiger partial charge < -0.3 is 15.4 Å². The van der Waals surface area contributed by atoms with Gasteiger partial charge in [0, 0.05) is 30.7 Å². The zero-order valence-corrected chi connectivity index (χ0v) is 16.0. The van der Waals surface area contributed by atoms with Crippen molar-refractivity contribution in [2.24, 2.45) is 0 Å². The molecule has 0 fully saturated rings. The molecule has 0 aliphatic rings. The number of nitrogens with one attached hydrogen (secondary N) is 2. The van der Waals surface area contributed by atoms with Crippen molar-refractivity contribution < 1.29 is 4.74 Å². The van der Waals surface area contributed by atoms with Crippen LogP contribution >= 0.6 is 0 Å². The summed E-state index contributed by atoms with van der Waals surface area (Å²) in [5.41, 5.74) is 2.80. The summed E-state index contributed by atoms with van der Waals surface area (Å²) in [6, 6.07) is 23.3. The maximum Gasteiger partial charge on any atom is 0.225 e. The van der Waals surface area contributed by atoms with Crippen molar-refractivity contribution in [2.75, 3.05) is 10.6 Å². The van der Waals surface area contributed by atoms with Gasteiger partial charge in [-0.25, -0.2) is 4.98 Å². The van der Waals surface area contributed by atoms with Crippen LogP contribution in [-0.2, 0) is 6.54 Å². The summed E-state index contributed by atoms with van der Waals surface area (Å²) in [6.07, 6.45) is 3.54. The van der Waals surface area contributed by atoms with E-state index in [0.717, 1.165) is 28.4 Å². The van der Waals surface area contributed by atoms with E-state index in [0.29, 0.717) is 18.3 Å². The molecule has 2 heterocycles. The zero-order chi connectivity index (χ0) is 19.9. The van der Waals surface area contributed by atoms with E-state index < -0.39 is 0 Å². The maximum absolute atomic E-state index is 6.02. The molecular formula is C23H21N5O. The fourth-order valence-electron chi connectivity index (χ4n) is 2.81. The number of hydrogen-bond acceptors (Lipinski definition) is 6. The lowest BCUT2D eigenvalue weighted by Crippen LogP contribution is -2.06. The topological polar surface area (TPSA) is 72.0 Å². The van der Waals surface area contributed by atoms with Gasteiger partial charge in [-0.2, -0.15) is 4.98 Å². The molecule has 0 aliphatic heterocycles. The number of benzene rings is 2. The van der Waals surface area contributed by atoms with E-state index in [4.69, 9.17) is 4.74 Å². The van der Waals surface area contributed by atoms with Crippen LogP contribution in [0.5, 0.6) is 11.5 Å². The predicted molar refractivity (Wildman–Crippen MR) is 115 cm³/mol. The van der Waals surface area contributed by atoms with E-state index in [1.54, 1.807) is 12.4 Å². The summed E-state index contributed by atoms with van der Waals surface area (Å²) >= 11 is 0. The highest BCUT2D eigenvalue weighted by molar-refractivity contribution is 5.65. The van der Waals surface area contributed by atoms with Crippen LogP contribution in [0.1, 0.15) is 11.3 Å². The number of nitrogens with zero attached hydrogens (tertiary/aromatic N) is 3. The van der Waals surface area contributed by atoms with Gasteiger partial charge in [0.1, 0.15) is 11.6 Å². The fraction of sp³-hybridized carbons (Fsp3) is 0.0870. The van der Waals surface area contributed by atoms with E-state index in [9.17, 15) is 0 Å². The van der Waals surface area contributed by atoms with Crippen molar-refractivity contribution in [3.8, 4) is 11.5 Å². The molecule has 0 unspecified atom stereocenters. The number of ether oxygens (including phenoxy) is 1. The molecule has 0 saturated carbocycles. The van der Waals surface area contributed by atoms with Crippen molar-refractivity contribution in [1.29, 1.82) is 0 Å². The van der Waals surface area contributed by atoms with Crippen LogP contribution in [0.15, 0.2) is 85.2 Å². The molecule has 2 aromatic carbocycles. The Hall–Kier alpha value is -3.93. The van der Waals surface area contributed by atoms with Gasteiger partial charge in [0.2, 0.25) is 5.95 Å². The number of aryl methyl sites for hydroxylation is 1. The molecular weight excluding hydrogens is 362 g/mol.